The van der Waals surface area contributed by atoms with E-state index in [1.807, 2.05) is 0 Å². The number of fused-ring (bicyclic) bond motifs is 1. The van der Waals surface area contributed by atoms with Crippen molar-refractivity contribution in [3.05, 3.63) is 47.6 Å². The molecule has 0 spiro atoms. The van der Waals surface area contributed by atoms with Gasteiger partial charge in [0.15, 0.2) is 0 Å². The molecule has 4 aliphatic rings. The highest BCUT2D eigenvalue weighted by atomic mass is 14.7. The molecule has 0 aromatic rings. The molecule has 1 nitrogen and oxygen atoms in total. The summed E-state index contributed by atoms with van der Waals surface area (Å²) in [7, 11) is 0. The molecule has 0 aliphatic heterocycles. The van der Waals surface area contributed by atoms with Crippen LogP contribution in [0.4, 0.5) is 0 Å². The van der Waals surface area contributed by atoms with E-state index in [-0.39, 0.29) is 0 Å². The highest BCUT2D eigenvalue weighted by Crippen LogP contribution is 2.50. The van der Waals surface area contributed by atoms with E-state index < -0.39 is 0 Å². The zero-order chi connectivity index (χ0) is 19.6. The zero-order valence-corrected chi connectivity index (χ0v) is 18.2. The van der Waals surface area contributed by atoms with Gasteiger partial charge in [0, 0.05) is 6.04 Å². The molecule has 0 aromatic carbocycles. The van der Waals surface area contributed by atoms with E-state index in [0.717, 1.165) is 29.6 Å². The second-order valence-electron chi connectivity index (χ2n) is 9.60. The molecule has 0 aromatic heterocycles. The smallest absolute Gasteiger partial charge is 0.0171 e. The van der Waals surface area contributed by atoms with Gasteiger partial charge in [-0.3, -0.25) is 0 Å². The van der Waals surface area contributed by atoms with Gasteiger partial charge in [-0.2, -0.15) is 0 Å². The molecule has 2 fully saturated rings. The molecule has 4 rings (SSSR count). The lowest BCUT2D eigenvalue weighted by Crippen LogP contribution is -2.53. The Morgan fingerprint density at radius 2 is 2.07 bits per heavy atom. The molecule has 0 heterocycles. The van der Waals surface area contributed by atoms with Crippen LogP contribution in [-0.4, -0.2) is 6.04 Å². The van der Waals surface area contributed by atoms with Crippen molar-refractivity contribution in [3.63, 3.8) is 0 Å². The minimum atomic E-state index is 0.353. The number of rotatable bonds is 8. The van der Waals surface area contributed by atoms with Gasteiger partial charge < -0.3 is 5.73 Å². The highest BCUT2D eigenvalue weighted by molar-refractivity contribution is 5.30. The number of hydrogen-bond donors (Lipinski definition) is 1. The van der Waals surface area contributed by atoms with Crippen LogP contribution < -0.4 is 5.73 Å². The third-order valence-electron chi connectivity index (χ3n) is 8.00. The quantitative estimate of drug-likeness (QED) is 0.476. The number of allylic oxidation sites excluding steroid dienone is 6. The van der Waals surface area contributed by atoms with E-state index >= 15 is 0 Å². The van der Waals surface area contributed by atoms with Gasteiger partial charge in [-0.15, -0.1) is 0 Å². The molecule has 150 valence electrons. The maximum Gasteiger partial charge on any atom is 0.0171 e. The summed E-state index contributed by atoms with van der Waals surface area (Å²) in [6.45, 7) is 11.7. The van der Waals surface area contributed by atoms with Crippen molar-refractivity contribution in [1.82, 2.24) is 0 Å². The highest BCUT2D eigenvalue weighted by Gasteiger charge is 2.44. The summed E-state index contributed by atoms with van der Waals surface area (Å²) in [4.78, 5) is 0. The number of nitrogens with two attached hydrogens (primary N) is 1. The Bertz CT molecular complexity index is 612. The first-order chi connectivity index (χ1) is 13.0. The first-order valence-electron chi connectivity index (χ1n) is 11.4. The van der Waals surface area contributed by atoms with Gasteiger partial charge in [-0.25, -0.2) is 0 Å². The van der Waals surface area contributed by atoms with Gasteiger partial charge in [0.2, 0.25) is 0 Å². The topological polar surface area (TPSA) is 26.0 Å². The van der Waals surface area contributed by atoms with E-state index in [1.165, 1.54) is 37.7 Å². The lowest BCUT2D eigenvalue weighted by atomic mass is 9.57. The molecule has 4 aliphatic carbocycles. The van der Waals surface area contributed by atoms with Gasteiger partial charge in [0.05, 0.1) is 0 Å². The predicted octanol–water partition coefficient (Wildman–Crippen LogP) is 6.68. The summed E-state index contributed by atoms with van der Waals surface area (Å²) in [5, 5.41) is 0. The van der Waals surface area contributed by atoms with E-state index in [9.17, 15) is 0 Å². The zero-order valence-electron chi connectivity index (χ0n) is 18.2. The van der Waals surface area contributed by atoms with Crippen LogP contribution in [0.25, 0.3) is 0 Å². The van der Waals surface area contributed by atoms with Gasteiger partial charge >= 0.3 is 0 Å². The van der Waals surface area contributed by atoms with Gasteiger partial charge in [-0.1, -0.05) is 81.7 Å². The lowest BCUT2D eigenvalue weighted by molar-refractivity contribution is 0.0641. The Morgan fingerprint density at radius 3 is 2.70 bits per heavy atom. The molecule has 2 saturated carbocycles. The second-order valence-corrected chi connectivity index (χ2v) is 9.60. The van der Waals surface area contributed by atoms with Crippen LogP contribution in [0.15, 0.2) is 47.6 Å². The normalized spacial score (nSPS) is 39.6. The molecule has 0 saturated heterocycles. The Morgan fingerprint density at radius 1 is 1.30 bits per heavy atom. The summed E-state index contributed by atoms with van der Waals surface area (Å²) < 4.78 is 0. The predicted molar refractivity (Wildman–Crippen MR) is 118 cm³/mol. The monoisotopic (exact) mass is 367 g/mol. The maximum atomic E-state index is 6.34. The standard InChI is InChI=1S/C26H41N/c1-6-8-11-21(25-18(4)15-23(25)17(3)7-2)12-9-10-20-13-14-22-19(5)24(16-20)26(22)27/h6,8,11,13-14,16-19,22-26H,7,9-10,12,15,27H2,1-5H3/b8-6-,21-11-. The minimum absolute atomic E-state index is 0.353. The molecule has 0 radical (unpaired) electrons. The van der Waals surface area contributed by atoms with Crippen molar-refractivity contribution in [2.24, 2.45) is 47.2 Å². The summed E-state index contributed by atoms with van der Waals surface area (Å²) in [6.07, 6.45) is 20.5. The van der Waals surface area contributed by atoms with Gasteiger partial charge in [0.25, 0.3) is 0 Å². The molecular weight excluding hydrogens is 326 g/mol. The SMILES string of the molecule is C/C=C\C=C(\CCCC1=CC2C(C)C(C=C1)C2N)C1C(C)CC1C(C)CC. The van der Waals surface area contributed by atoms with Crippen LogP contribution in [0.1, 0.15) is 66.7 Å². The van der Waals surface area contributed by atoms with Gasteiger partial charge in [-0.05, 0) is 74.0 Å². The van der Waals surface area contributed by atoms with E-state index in [4.69, 9.17) is 5.73 Å². The Balaban J connectivity index is 1.61. The fourth-order valence-corrected chi connectivity index (χ4v) is 5.89. The summed E-state index contributed by atoms with van der Waals surface area (Å²) in [6, 6.07) is 0.353. The lowest BCUT2D eigenvalue weighted by Gasteiger charge is -2.48. The molecule has 2 N–H and O–H groups in total. The minimum Gasteiger partial charge on any atom is -0.327 e. The third-order valence-corrected chi connectivity index (χ3v) is 8.00. The first-order valence-corrected chi connectivity index (χ1v) is 11.4. The van der Waals surface area contributed by atoms with Gasteiger partial charge in [0.1, 0.15) is 0 Å². The van der Waals surface area contributed by atoms with Crippen molar-refractivity contribution >= 4 is 0 Å². The maximum absolute atomic E-state index is 6.34. The van der Waals surface area contributed by atoms with Crippen LogP contribution in [0.2, 0.25) is 0 Å². The van der Waals surface area contributed by atoms with Crippen LogP contribution in [0, 0.1) is 41.4 Å². The van der Waals surface area contributed by atoms with Crippen molar-refractivity contribution < 1.29 is 0 Å². The fourth-order valence-electron chi connectivity index (χ4n) is 5.89. The fraction of sp³-hybridized carbons (Fsp3) is 0.692. The molecule has 27 heavy (non-hydrogen) atoms. The van der Waals surface area contributed by atoms with Crippen molar-refractivity contribution in [3.8, 4) is 0 Å². The summed E-state index contributed by atoms with van der Waals surface area (Å²) >= 11 is 0. The molecule has 8 unspecified atom stereocenters. The van der Waals surface area contributed by atoms with E-state index in [2.05, 4.69) is 71.1 Å². The van der Waals surface area contributed by atoms with Crippen molar-refractivity contribution in [2.45, 2.75) is 72.8 Å². The average Bonchev–Trinajstić information content (AvgIpc) is 2.93. The molecule has 2 bridgehead atoms. The van der Waals surface area contributed by atoms with E-state index in [0.29, 0.717) is 17.9 Å². The third kappa shape index (κ3) is 4.19. The molecule has 0 amide bonds. The van der Waals surface area contributed by atoms with Crippen molar-refractivity contribution in [1.29, 1.82) is 0 Å². The average molecular weight is 368 g/mol. The Kier molecular flexibility index (Phi) is 6.84. The van der Waals surface area contributed by atoms with Crippen LogP contribution in [0.3, 0.4) is 0 Å². The van der Waals surface area contributed by atoms with Crippen LogP contribution in [-0.2, 0) is 0 Å². The first kappa shape index (κ1) is 20.6. The van der Waals surface area contributed by atoms with Crippen LogP contribution in [0.5, 0.6) is 0 Å². The Labute approximate surface area is 167 Å². The molecular formula is C26H41N. The van der Waals surface area contributed by atoms with E-state index in [1.54, 1.807) is 5.57 Å². The molecule has 8 atom stereocenters. The summed E-state index contributed by atoms with van der Waals surface area (Å²) in [5.41, 5.74) is 9.56. The summed E-state index contributed by atoms with van der Waals surface area (Å²) in [5.74, 6) is 5.32. The Hall–Kier alpha value is -1.08. The second kappa shape index (κ2) is 8.95. The largest absolute Gasteiger partial charge is 0.327 e. The van der Waals surface area contributed by atoms with Crippen molar-refractivity contribution in [2.75, 3.05) is 0 Å². The van der Waals surface area contributed by atoms with Crippen LogP contribution >= 0.6 is 0 Å². The molecule has 1 heteroatoms. The number of hydrogen-bond acceptors (Lipinski definition) is 1.